The Balaban J connectivity index is 2.77. The Morgan fingerprint density at radius 3 is 2.88 bits per heavy atom. The summed E-state index contributed by atoms with van der Waals surface area (Å²) in [6, 6.07) is 0. The molecular weight excluding hydrogens is 128 g/mol. The molecule has 4 heteroatoms. The molecule has 1 aromatic rings. The molecule has 0 spiro atoms. The van der Waals surface area contributed by atoms with Crippen molar-refractivity contribution in [3.8, 4) is 0 Å². The van der Waals surface area contributed by atoms with Crippen LogP contribution < -0.4 is 0 Å². The third-order valence-corrected chi connectivity index (χ3v) is 0.905. The van der Waals surface area contributed by atoms with Crippen molar-refractivity contribution in [3.63, 3.8) is 0 Å². The average Bonchev–Trinajstić information content (AvgIpc) is 2.12. The number of alkyl halides is 1. The number of rotatable bonds is 1. The second-order valence-electron chi connectivity index (χ2n) is 1.40. The zero-order valence-electron chi connectivity index (χ0n) is 4.34. The molecule has 8 heavy (non-hydrogen) atoms. The molecule has 0 amide bonds. The van der Waals surface area contributed by atoms with E-state index in [0.717, 1.165) is 0 Å². The molecule has 0 aliphatic heterocycles. The zero-order valence-corrected chi connectivity index (χ0v) is 5.09. The van der Waals surface area contributed by atoms with Gasteiger partial charge in [-0.2, -0.15) is 4.98 Å². The molecule has 1 aromatic heterocycles. The van der Waals surface area contributed by atoms with Gasteiger partial charge < -0.3 is 4.52 Å². The normalized spacial score (nSPS) is 13.8. The predicted molar refractivity (Wildman–Crippen MR) is 28.6 cm³/mol. The van der Waals surface area contributed by atoms with E-state index in [1.807, 2.05) is 0 Å². The van der Waals surface area contributed by atoms with Crippen LogP contribution in [-0.2, 0) is 0 Å². The molecule has 1 heterocycles. The summed E-state index contributed by atoms with van der Waals surface area (Å²) in [6.07, 6.45) is 1.33. The lowest BCUT2D eigenvalue weighted by Gasteiger charge is -1.88. The molecular formula is C4H5ClN2O. The highest BCUT2D eigenvalue weighted by atomic mass is 35.5. The molecule has 0 fully saturated rings. The van der Waals surface area contributed by atoms with E-state index in [1.165, 1.54) is 6.33 Å². The summed E-state index contributed by atoms with van der Waals surface area (Å²) in [5, 5.41) is 3.19. The zero-order chi connectivity index (χ0) is 5.98. The van der Waals surface area contributed by atoms with Gasteiger partial charge in [0.1, 0.15) is 5.38 Å². The van der Waals surface area contributed by atoms with Crippen molar-refractivity contribution in [2.45, 2.75) is 12.3 Å². The summed E-state index contributed by atoms with van der Waals surface area (Å²) in [5.74, 6) is 0.465. The van der Waals surface area contributed by atoms with Crippen LogP contribution in [0.4, 0.5) is 0 Å². The molecule has 0 aliphatic carbocycles. The Morgan fingerprint density at radius 1 is 1.88 bits per heavy atom. The molecule has 0 radical (unpaired) electrons. The number of aromatic nitrogens is 2. The largest absolute Gasteiger partial charge is 0.338 e. The maximum absolute atomic E-state index is 5.55. The lowest BCUT2D eigenvalue weighted by atomic mass is 10.5. The van der Waals surface area contributed by atoms with Crippen LogP contribution in [0.3, 0.4) is 0 Å². The molecule has 0 unspecified atom stereocenters. The first-order valence-corrected chi connectivity index (χ1v) is 2.65. The van der Waals surface area contributed by atoms with Crippen molar-refractivity contribution in [3.05, 3.63) is 12.2 Å². The first-order chi connectivity index (χ1) is 3.80. The molecule has 0 N–H and O–H groups in total. The molecule has 0 aromatic carbocycles. The van der Waals surface area contributed by atoms with E-state index in [9.17, 15) is 0 Å². The highest BCUT2D eigenvalue weighted by molar-refractivity contribution is 6.20. The Bertz CT molecular complexity index is 149. The number of halogens is 1. The van der Waals surface area contributed by atoms with Gasteiger partial charge in [0, 0.05) is 0 Å². The third-order valence-electron chi connectivity index (χ3n) is 0.719. The molecule has 1 rings (SSSR count). The van der Waals surface area contributed by atoms with Gasteiger partial charge in [-0.15, -0.1) is 11.6 Å². The van der Waals surface area contributed by atoms with E-state index >= 15 is 0 Å². The fourth-order valence-corrected chi connectivity index (χ4v) is 0.453. The monoisotopic (exact) mass is 132 g/mol. The minimum Gasteiger partial charge on any atom is -0.338 e. The van der Waals surface area contributed by atoms with E-state index in [4.69, 9.17) is 11.6 Å². The van der Waals surface area contributed by atoms with E-state index in [0.29, 0.717) is 5.89 Å². The fourth-order valence-electron chi connectivity index (χ4n) is 0.357. The topological polar surface area (TPSA) is 38.9 Å². The predicted octanol–water partition coefficient (Wildman–Crippen LogP) is 1.37. The Kier molecular flexibility index (Phi) is 1.48. The van der Waals surface area contributed by atoms with Gasteiger partial charge in [-0.05, 0) is 6.92 Å². The van der Waals surface area contributed by atoms with E-state index in [-0.39, 0.29) is 5.38 Å². The number of hydrogen-bond donors (Lipinski definition) is 0. The number of hydrogen-bond acceptors (Lipinski definition) is 3. The van der Waals surface area contributed by atoms with Crippen molar-refractivity contribution in [2.75, 3.05) is 0 Å². The van der Waals surface area contributed by atoms with Gasteiger partial charge in [0.25, 0.3) is 0 Å². The molecule has 44 valence electrons. The highest BCUT2D eigenvalue weighted by Gasteiger charge is 2.04. The highest BCUT2D eigenvalue weighted by Crippen LogP contribution is 2.14. The van der Waals surface area contributed by atoms with E-state index in [1.54, 1.807) is 6.92 Å². The van der Waals surface area contributed by atoms with Gasteiger partial charge in [0.2, 0.25) is 5.89 Å². The smallest absolute Gasteiger partial charge is 0.244 e. The van der Waals surface area contributed by atoms with Crippen LogP contribution in [-0.4, -0.2) is 10.1 Å². The van der Waals surface area contributed by atoms with Crippen molar-refractivity contribution in [1.29, 1.82) is 0 Å². The van der Waals surface area contributed by atoms with Gasteiger partial charge in [0.05, 0.1) is 0 Å². The molecule has 0 aliphatic rings. The Morgan fingerprint density at radius 2 is 2.62 bits per heavy atom. The first kappa shape index (κ1) is 5.56. The van der Waals surface area contributed by atoms with Gasteiger partial charge in [-0.25, -0.2) is 0 Å². The summed E-state index contributed by atoms with van der Waals surface area (Å²) in [4.78, 5) is 3.71. The van der Waals surface area contributed by atoms with Gasteiger partial charge in [-0.1, -0.05) is 5.16 Å². The van der Waals surface area contributed by atoms with Crippen LogP contribution in [0.1, 0.15) is 18.2 Å². The standard InChI is InChI=1S/C4H5ClN2O/c1-3(5)4-6-2-7-8-4/h2-3H,1H3/t3-/m1/s1. The van der Waals surface area contributed by atoms with Crippen LogP contribution in [0.5, 0.6) is 0 Å². The van der Waals surface area contributed by atoms with Crippen LogP contribution in [0.15, 0.2) is 10.9 Å². The van der Waals surface area contributed by atoms with Crippen LogP contribution in [0.2, 0.25) is 0 Å². The SMILES string of the molecule is C[C@@H](Cl)c1ncno1. The van der Waals surface area contributed by atoms with Crippen molar-refractivity contribution >= 4 is 11.6 Å². The van der Waals surface area contributed by atoms with E-state index < -0.39 is 0 Å². The molecule has 0 saturated carbocycles. The summed E-state index contributed by atoms with van der Waals surface area (Å²) in [6.45, 7) is 1.77. The van der Waals surface area contributed by atoms with Crippen molar-refractivity contribution in [1.82, 2.24) is 10.1 Å². The van der Waals surface area contributed by atoms with Gasteiger partial charge >= 0.3 is 0 Å². The van der Waals surface area contributed by atoms with Crippen molar-refractivity contribution in [2.24, 2.45) is 0 Å². The molecule has 0 saturated heterocycles. The molecule has 1 atom stereocenters. The third kappa shape index (κ3) is 0.980. The second kappa shape index (κ2) is 2.13. The summed E-state index contributed by atoms with van der Waals surface area (Å²) in [7, 11) is 0. The van der Waals surface area contributed by atoms with Gasteiger partial charge in [0.15, 0.2) is 6.33 Å². The summed E-state index contributed by atoms with van der Waals surface area (Å²) >= 11 is 5.55. The second-order valence-corrected chi connectivity index (χ2v) is 2.05. The Labute approximate surface area is 51.6 Å². The maximum atomic E-state index is 5.55. The lowest BCUT2D eigenvalue weighted by molar-refractivity contribution is 0.378. The van der Waals surface area contributed by atoms with Crippen LogP contribution in [0.25, 0.3) is 0 Å². The average molecular weight is 133 g/mol. The minimum atomic E-state index is -0.183. The first-order valence-electron chi connectivity index (χ1n) is 2.21. The van der Waals surface area contributed by atoms with Crippen LogP contribution >= 0.6 is 11.6 Å². The molecule has 3 nitrogen and oxygen atoms in total. The number of nitrogens with zero attached hydrogens (tertiary/aromatic N) is 2. The lowest BCUT2D eigenvalue weighted by Crippen LogP contribution is -1.80. The van der Waals surface area contributed by atoms with Crippen LogP contribution in [0, 0.1) is 0 Å². The molecule has 0 bridgehead atoms. The maximum Gasteiger partial charge on any atom is 0.244 e. The summed E-state index contributed by atoms with van der Waals surface area (Å²) in [5.41, 5.74) is 0. The fraction of sp³-hybridized carbons (Fsp3) is 0.500. The Hall–Kier alpha value is -0.570. The van der Waals surface area contributed by atoms with Gasteiger partial charge in [-0.3, -0.25) is 0 Å². The minimum absolute atomic E-state index is 0.183. The van der Waals surface area contributed by atoms with E-state index in [2.05, 4.69) is 14.7 Å². The quantitative estimate of drug-likeness (QED) is 0.542. The summed E-state index contributed by atoms with van der Waals surface area (Å²) < 4.78 is 4.60. The van der Waals surface area contributed by atoms with Crippen molar-refractivity contribution < 1.29 is 4.52 Å².